The second kappa shape index (κ2) is 12.4. The van der Waals surface area contributed by atoms with Gasteiger partial charge in [-0.1, -0.05) is 61.0 Å². The highest BCUT2D eigenvalue weighted by atomic mass is 35.5. The molecule has 4 aromatic rings. The van der Waals surface area contributed by atoms with Crippen molar-refractivity contribution >= 4 is 46.5 Å². The number of pyridine rings is 1. The smallest absolute Gasteiger partial charge is 0.338 e. The number of nitrogens with zero attached hydrogens (tertiary/aromatic N) is 1. The van der Waals surface area contributed by atoms with Crippen molar-refractivity contribution in [2.24, 2.45) is 0 Å². The molecule has 1 amide bonds. The predicted molar refractivity (Wildman–Crippen MR) is 151 cm³/mol. The van der Waals surface area contributed by atoms with Gasteiger partial charge >= 0.3 is 5.97 Å². The maximum absolute atomic E-state index is 13.2. The molecule has 194 valence electrons. The van der Waals surface area contributed by atoms with Crippen LogP contribution in [-0.4, -0.2) is 34.6 Å². The van der Waals surface area contributed by atoms with E-state index in [0.717, 1.165) is 16.7 Å². The molecule has 0 saturated heterocycles. The molecule has 38 heavy (non-hydrogen) atoms. The number of aromatic hydroxyl groups is 1. The van der Waals surface area contributed by atoms with Crippen LogP contribution in [0, 0.1) is 0 Å². The third-order valence-electron chi connectivity index (χ3n) is 6.15. The van der Waals surface area contributed by atoms with Crippen LogP contribution in [0.25, 0.3) is 23.1 Å². The lowest BCUT2D eigenvalue weighted by molar-refractivity contribution is 0.0528. The fourth-order valence-electron chi connectivity index (χ4n) is 4.08. The third-order valence-corrected chi connectivity index (χ3v) is 6.40. The molecule has 1 atom stereocenters. The molecule has 2 N–H and O–H groups in total. The molecule has 4 rings (SSSR count). The van der Waals surface area contributed by atoms with Gasteiger partial charge in [0.2, 0.25) is 0 Å². The lowest BCUT2D eigenvalue weighted by Gasteiger charge is -2.17. The first-order chi connectivity index (χ1) is 18.4. The van der Waals surface area contributed by atoms with Gasteiger partial charge in [0.05, 0.1) is 17.7 Å². The summed E-state index contributed by atoms with van der Waals surface area (Å²) in [6, 6.07) is 21.3. The van der Waals surface area contributed by atoms with Crippen LogP contribution in [0.2, 0.25) is 5.02 Å². The van der Waals surface area contributed by atoms with E-state index in [2.05, 4.69) is 10.3 Å². The Labute approximate surface area is 226 Å². The van der Waals surface area contributed by atoms with E-state index in [9.17, 15) is 14.7 Å². The molecule has 0 spiro atoms. The second-order valence-electron chi connectivity index (χ2n) is 8.89. The minimum atomic E-state index is -0.510. The summed E-state index contributed by atoms with van der Waals surface area (Å²) in [6.07, 6.45) is 5.20. The van der Waals surface area contributed by atoms with Gasteiger partial charge in [0.25, 0.3) is 5.91 Å². The van der Waals surface area contributed by atoms with Gasteiger partial charge in [0, 0.05) is 16.5 Å². The Morgan fingerprint density at radius 2 is 1.66 bits per heavy atom. The average molecular weight is 529 g/mol. The first kappa shape index (κ1) is 26.9. The van der Waals surface area contributed by atoms with Crippen LogP contribution in [0.4, 0.5) is 0 Å². The highest BCUT2D eigenvalue weighted by Gasteiger charge is 2.20. The molecule has 7 heteroatoms. The van der Waals surface area contributed by atoms with Crippen molar-refractivity contribution in [2.75, 3.05) is 6.61 Å². The number of halogens is 1. The van der Waals surface area contributed by atoms with Crippen LogP contribution < -0.4 is 5.32 Å². The monoisotopic (exact) mass is 528 g/mol. The zero-order chi connectivity index (χ0) is 27.1. The number of fused-ring (bicyclic) bond motifs is 1. The second-order valence-corrected chi connectivity index (χ2v) is 9.32. The number of phenolic OH excluding ortho intramolecular Hbond substituents is 1. The summed E-state index contributed by atoms with van der Waals surface area (Å²) in [4.78, 5) is 30.6. The van der Waals surface area contributed by atoms with Crippen LogP contribution in [0.3, 0.4) is 0 Å². The number of phenols is 1. The predicted octanol–water partition coefficient (Wildman–Crippen LogP) is 6.69. The molecule has 1 heterocycles. The average Bonchev–Trinajstić information content (AvgIpc) is 2.92. The standard InChI is InChI=1S/C31H29ClN2O4/c1-3-24(17-21-9-14-25(35)15-10-21)33-30(36)29-19-27(31(37)38-4-2)26-18-22(11-16-28(26)34-29)6-5-20-7-12-23(32)13-8-20/h5-16,18-19,24,35H,3-4,17H2,1-2H3,(H,33,36)/b6-5+. The molecule has 0 aliphatic carbocycles. The highest BCUT2D eigenvalue weighted by Crippen LogP contribution is 2.23. The Kier molecular flexibility index (Phi) is 8.77. The van der Waals surface area contributed by atoms with Gasteiger partial charge in [-0.05, 0) is 78.9 Å². The topological polar surface area (TPSA) is 88.5 Å². The van der Waals surface area contributed by atoms with Crippen LogP contribution in [0.5, 0.6) is 5.75 Å². The van der Waals surface area contributed by atoms with Crippen molar-refractivity contribution in [1.82, 2.24) is 10.3 Å². The van der Waals surface area contributed by atoms with Gasteiger partial charge in [-0.15, -0.1) is 0 Å². The molecule has 0 radical (unpaired) electrons. The number of ether oxygens (including phenoxy) is 1. The molecule has 0 aliphatic rings. The first-order valence-corrected chi connectivity index (χ1v) is 12.9. The van der Waals surface area contributed by atoms with Crippen LogP contribution in [0.1, 0.15) is 57.8 Å². The van der Waals surface area contributed by atoms with E-state index in [1.54, 1.807) is 25.1 Å². The maximum Gasteiger partial charge on any atom is 0.338 e. The number of rotatable bonds is 9. The maximum atomic E-state index is 13.2. The number of esters is 1. The van der Waals surface area contributed by atoms with Crippen LogP contribution in [-0.2, 0) is 11.2 Å². The summed E-state index contributed by atoms with van der Waals surface area (Å²) >= 11 is 5.97. The SMILES string of the molecule is CCOC(=O)c1cc(C(=O)NC(CC)Cc2ccc(O)cc2)nc2ccc(/C=C/c3ccc(Cl)cc3)cc12. The largest absolute Gasteiger partial charge is 0.508 e. The van der Waals surface area contributed by atoms with E-state index in [-0.39, 0.29) is 35.6 Å². The molecule has 1 aromatic heterocycles. The minimum Gasteiger partial charge on any atom is -0.508 e. The molecule has 3 aromatic carbocycles. The molecule has 0 aliphatic heterocycles. The molecule has 1 unspecified atom stereocenters. The lowest BCUT2D eigenvalue weighted by atomic mass is 10.0. The molecule has 6 nitrogen and oxygen atoms in total. The van der Waals surface area contributed by atoms with E-state index in [0.29, 0.717) is 28.8 Å². The number of carbonyl (C=O) groups is 2. The van der Waals surface area contributed by atoms with Gasteiger partial charge in [-0.3, -0.25) is 4.79 Å². The summed E-state index contributed by atoms with van der Waals surface area (Å²) in [5.41, 5.74) is 3.81. The Morgan fingerprint density at radius 1 is 0.974 bits per heavy atom. The van der Waals surface area contributed by atoms with Crippen molar-refractivity contribution in [2.45, 2.75) is 32.7 Å². The van der Waals surface area contributed by atoms with E-state index in [4.69, 9.17) is 16.3 Å². The molecule has 0 saturated carbocycles. The summed E-state index contributed by atoms with van der Waals surface area (Å²) < 4.78 is 5.29. The van der Waals surface area contributed by atoms with Gasteiger partial charge in [-0.25, -0.2) is 9.78 Å². The Bertz CT molecular complexity index is 1460. The van der Waals surface area contributed by atoms with Gasteiger partial charge in [0.15, 0.2) is 0 Å². The zero-order valence-corrected chi connectivity index (χ0v) is 22.0. The molecule has 0 bridgehead atoms. The van der Waals surface area contributed by atoms with E-state index < -0.39 is 5.97 Å². The Balaban J connectivity index is 1.62. The number of hydrogen-bond acceptors (Lipinski definition) is 5. The third kappa shape index (κ3) is 6.78. The van der Waals surface area contributed by atoms with Crippen LogP contribution in [0.15, 0.2) is 72.8 Å². The quantitative estimate of drug-likeness (QED) is 0.186. The fraction of sp³-hybridized carbons (Fsp3) is 0.194. The van der Waals surface area contributed by atoms with Crippen LogP contribution >= 0.6 is 11.6 Å². The zero-order valence-electron chi connectivity index (χ0n) is 21.3. The van der Waals surface area contributed by atoms with Gasteiger partial charge in [0.1, 0.15) is 11.4 Å². The summed E-state index contributed by atoms with van der Waals surface area (Å²) in [5.74, 6) is -0.681. The van der Waals surface area contributed by atoms with Crippen molar-refractivity contribution in [1.29, 1.82) is 0 Å². The summed E-state index contributed by atoms with van der Waals surface area (Å²) in [7, 11) is 0. The van der Waals surface area contributed by atoms with E-state index >= 15 is 0 Å². The first-order valence-electron chi connectivity index (χ1n) is 12.5. The number of benzene rings is 3. The number of hydrogen-bond donors (Lipinski definition) is 2. The molecule has 0 fully saturated rings. The molecular weight excluding hydrogens is 500 g/mol. The summed E-state index contributed by atoms with van der Waals surface area (Å²) in [5, 5.41) is 13.8. The van der Waals surface area contributed by atoms with Gasteiger partial charge in [-0.2, -0.15) is 0 Å². The van der Waals surface area contributed by atoms with E-state index in [1.807, 2.05) is 67.6 Å². The fourth-order valence-corrected chi connectivity index (χ4v) is 4.21. The van der Waals surface area contributed by atoms with Gasteiger partial charge < -0.3 is 15.2 Å². The number of amides is 1. The Morgan fingerprint density at radius 3 is 2.34 bits per heavy atom. The van der Waals surface area contributed by atoms with E-state index in [1.165, 1.54) is 6.07 Å². The normalized spacial score (nSPS) is 12.0. The minimum absolute atomic E-state index is 0.143. The number of nitrogens with one attached hydrogen (secondary N) is 1. The van der Waals surface area contributed by atoms with Crippen molar-refractivity contribution in [3.8, 4) is 5.75 Å². The van der Waals surface area contributed by atoms with Crippen molar-refractivity contribution in [3.63, 3.8) is 0 Å². The molecular formula is C31H29ClN2O4. The highest BCUT2D eigenvalue weighted by molar-refractivity contribution is 6.30. The number of carbonyl (C=O) groups excluding carboxylic acids is 2. The Hall–Kier alpha value is -4.16. The summed E-state index contributed by atoms with van der Waals surface area (Å²) in [6.45, 7) is 3.94. The van der Waals surface area contributed by atoms with Crippen molar-refractivity contribution in [3.05, 3.63) is 106 Å². The number of aromatic nitrogens is 1. The van der Waals surface area contributed by atoms with Crippen molar-refractivity contribution < 1.29 is 19.4 Å². The lowest BCUT2D eigenvalue weighted by Crippen LogP contribution is -2.36.